The van der Waals surface area contributed by atoms with Crippen molar-refractivity contribution in [3.05, 3.63) is 24.3 Å². The van der Waals surface area contributed by atoms with E-state index in [4.69, 9.17) is 9.47 Å². The van der Waals surface area contributed by atoms with Gasteiger partial charge in [-0.3, -0.25) is 5.01 Å². The van der Waals surface area contributed by atoms with E-state index in [0.29, 0.717) is 18.1 Å². The number of hydrogen-bond donors (Lipinski definition) is 0. The second-order valence-corrected chi connectivity index (χ2v) is 5.74. The molecule has 5 nitrogen and oxygen atoms in total. The van der Waals surface area contributed by atoms with Crippen LogP contribution in [0.5, 0.6) is 5.75 Å². The van der Waals surface area contributed by atoms with Gasteiger partial charge in [-0.25, -0.2) is 4.79 Å². The number of hydrogen-bond acceptors (Lipinski definition) is 5. The van der Waals surface area contributed by atoms with Gasteiger partial charge in [-0.2, -0.15) is 5.10 Å². The molecule has 0 spiro atoms. The lowest BCUT2D eigenvalue weighted by Crippen LogP contribution is -2.44. The van der Waals surface area contributed by atoms with Crippen LogP contribution >= 0.6 is 0 Å². The van der Waals surface area contributed by atoms with E-state index in [0.717, 1.165) is 11.4 Å². The van der Waals surface area contributed by atoms with Crippen LogP contribution in [-0.2, 0) is 9.53 Å². The maximum absolute atomic E-state index is 11.8. The van der Waals surface area contributed by atoms with Crippen LogP contribution < -0.4 is 9.75 Å². The molecule has 0 bridgehead atoms. The molecule has 5 heteroatoms. The summed E-state index contributed by atoms with van der Waals surface area (Å²) in [5, 5.41) is 6.41. The fraction of sp³-hybridized carbons (Fsp3) is 0.500. The average molecular weight is 290 g/mol. The lowest BCUT2D eigenvalue weighted by molar-refractivity contribution is -0.132. The maximum Gasteiger partial charge on any atom is 0.354 e. The Morgan fingerprint density at radius 2 is 1.90 bits per heavy atom. The topological polar surface area (TPSA) is 51.1 Å². The minimum Gasteiger partial charge on any atom is -0.497 e. The van der Waals surface area contributed by atoms with Crippen LogP contribution in [0.3, 0.4) is 0 Å². The summed E-state index contributed by atoms with van der Waals surface area (Å²) in [5.74, 6) is 0.754. The van der Waals surface area contributed by atoms with Crippen LogP contribution in [-0.4, -0.2) is 31.4 Å². The molecule has 1 aliphatic rings. The minimum atomic E-state index is -0.363. The quantitative estimate of drug-likeness (QED) is 0.800. The minimum absolute atomic E-state index is 0.252. The van der Waals surface area contributed by atoms with E-state index in [2.05, 4.69) is 25.9 Å². The van der Waals surface area contributed by atoms with Crippen molar-refractivity contribution in [2.24, 2.45) is 11.0 Å². The van der Waals surface area contributed by atoms with E-state index in [1.807, 2.05) is 29.3 Å². The van der Waals surface area contributed by atoms with Crippen molar-refractivity contribution in [3.63, 3.8) is 0 Å². The number of carbonyl (C=O) groups is 1. The summed E-state index contributed by atoms with van der Waals surface area (Å²) in [7, 11) is 3.02. The van der Waals surface area contributed by atoms with Crippen LogP contribution in [0.15, 0.2) is 29.4 Å². The maximum atomic E-state index is 11.8. The summed E-state index contributed by atoms with van der Waals surface area (Å²) in [5.41, 5.74) is 1.15. The summed E-state index contributed by atoms with van der Waals surface area (Å²) in [4.78, 5) is 11.8. The van der Waals surface area contributed by atoms with Crippen molar-refractivity contribution >= 4 is 17.4 Å². The molecular formula is C16H22N2O3. The Hall–Kier alpha value is -2.04. The molecular weight excluding hydrogens is 268 g/mol. The molecule has 0 radical (unpaired) electrons. The van der Waals surface area contributed by atoms with Gasteiger partial charge in [-0.05, 0) is 37.1 Å². The summed E-state index contributed by atoms with van der Waals surface area (Å²) >= 11 is 0. The molecule has 1 aromatic rings. The molecule has 1 unspecified atom stereocenters. The fourth-order valence-electron chi connectivity index (χ4n) is 2.44. The molecule has 0 amide bonds. The van der Waals surface area contributed by atoms with Crippen molar-refractivity contribution in [3.8, 4) is 5.75 Å². The summed E-state index contributed by atoms with van der Waals surface area (Å²) < 4.78 is 9.99. The molecule has 1 aliphatic heterocycles. The highest BCUT2D eigenvalue weighted by Crippen LogP contribution is 2.38. The number of benzene rings is 1. The average Bonchev–Trinajstić information content (AvgIpc) is 2.86. The first-order valence-electron chi connectivity index (χ1n) is 7.02. The van der Waals surface area contributed by atoms with E-state index >= 15 is 0 Å². The fourth-order valence-corrected chi connectivity index (χ4v) is 2.44. The lowest BCUT2D eigenvalue weighted by Gasteiger charge is -2.37. The Balaban J connectivity index is 2.39. The normalized spacial score (nSPS) is 21.4. The van der Waals surface area contributed by atoms with E-state index in [1.54, 1.807) is 7.11 Å². The standard InChI is InChI=1S/C16H22N2O3/c1-11(2)16(3)10-14(15(19)21-5)17-18(16)12-6-8-13(20-4)9-7-12/h6-9,11H,10H2,1-5H3. The highest BCUT2D eigenvalue weighted by atomic mass is 16.5. The number of methoxy groups -OCH3 is 2. The van der Waals surface area contributed by atoms with Crippen LogP contribution in [0, 0.1) is 5.92 Å². The van der Waals surface area contributed by atoms with E-state index in [9.17, 15) is 4.79 Å². The molecule has 0 saturated carbocycles. The third kappa shape index (κ3) is 2.73. The highest BCUT2D eigenvalue weighted by Gasteiger charge is 2.44. The van der Waals surface area contributed by atoms with Gasteiger partial charge in [0.2, 0.25) is 0 Å². The third-order valence-corrected chi connectivity index (χ3v) is 4.21. The van der Waals surface area contributed by atoms with Gasteiger partial charge in [0.1, 0.15) is 11.5 Å². The van der Waals surface area contributed by atoms with E-state index in [1.165, 1.54) is 7.11 Å². The smallest absolute Gasteiger partial charge is 0.354 e. The molecule has 0 aliphatic carbocycles. The third-order valence-electron chi connectivity index (χ3n) is 4.21. The van der Waals surface area contributed by atoms with E-state index < -0.39 is 0 Å². The van der Waals surface area contributed by atoms with Crippen LogP contribution in [0.1, 0.15) is 27.2 Å². The number of anilines is 1. The first-order chi connectivity index (χ1) is 9.92. The Morgan fingerprint density at radius 1 is 1.29 bits per heavy atom. The second-order valence-electron chi connectivity index (χ2n) is 5.74. The molecule has 21 heavy (non-hydrogen) atoms. The van der Waals surface area contributed by atoms with Crippen molar-refractivity contribution in [2.45, 2.75) is 32.7 Å². The zero-order valence-electron chi connectivity index (χ0n) is 13.2. The molecule has 2 rings (SSSR count). The first-order valence-corrected chi connectivity index (χ1v) is 7.02. The van der Waals surface area contributed by atoms with Crippen molar-refractivity contribution in [1.29, 1.82) is 0 Å². The molecule has 0 saturated heterocycles. The number of nitrogens with zero attached hydrogens (tertiary/aromatic N) is 2. The number of ether oxygens (including phenoxy) is 2. The number of hydrazone groups is 1. The Kier molecular flexibility index (Phi) is 4.21. The predicted octanol–water partition coefficient (Wildman–Crippen LogP) is 2.85. The lowest BCUT2D eigenvalue weighted by atomic mass is 9.83. The molecule has 0 N–H and O–H groups in total. The number of rotatable bonds is 4. The van der Waals surface area contributed by atoms with Gasteiger partial charge in [0, 0.05) is 6.42 Å². The van der Waals surface area contributed by atoms with Gasteiger partial charge in [-0.15, -0.1) is 0 Å². The Morgan fingerprint density at radius 3 is 2.38 bits per heavy atom. The van der Waals surface area contributed by atoms with Crippen LogP contribution in [0.25, 0.3) is 0 Å². The van der Waals surface area contributed by atoms with Gasteiger partial charge in [0.15, 0.2) is 0 Å². The van der Waals surface area contributed by atoms with Crippen molar-refractivity contribution < 1.29 is 14.3 Å². The number of carbonyl (C=O) groups excluding carboxylic acids is 1. The van der Waals surface area contributed by atoms with Gasteiger partial charge >= 0.3 is 5.97 Å². The molecule has 1 heterocycles. The Labute approximate surface area is 125 Å². The summed E-state index contributed by atoms with van der Waals surface area (Å²) in [6, 6.07) is 7.68. The molecule has 0 fully saturated rings. The van der Waals surface area contributed by atoms with Gasteiger partial charge in [0.05, 0.1) is 25.4 Å². The Bertz CT molecular complexity index is 551. The monoisotopic (exact) mass is 290 g/mol. The van der Waals surface area contributed by atoms with Crippen molar-refractivity contribution in [1.82, 2.24) is 0 Å². The zero-order valence-corrected chi connectivity index (χ0v) is 13.2. The molecule has 1 atom stereocenters. The zero-order chi connectivity index (χ0) is 15.6. The number of esters is 1. The SMILES string of the molecule is COC(=O)C1=NN(c2ccc(OC)cc2)C(C)(C(C)C)C1. The second kappa shape index (κ2) is 5.76. The van der Waals surface area contributed by atoms with Gasteiger partial charge in [0.25, 0.3) is 0 Å². The summed E-state index contributed by atoms with van der Waals surface area (Å²) in [6.07, 6.45) is 0.573. The van der Waals surface area contributed by atoms with Crippen LogP contribution in [0.2, 0.25) is 0 Å². The van der Waals surface area contributed by atoms with Gasteiger partial charge in [-0.1, -0.05) is 13.8 Å². The molecule has 114 valence electrons. The predicted molar refractivity (Wildman–Crippen MR) is 82.8 cm³/mol. The molecule has 1 aromatic carbocycles. The van der Waals surface area contributed by atoms with Gasteiger partial charge < -0.3 is 9.47 Å². The highest BCUT2D eigenvalue weighted by molar-refractivity contribution is 6.37. The van der Waals surface area contributed by atoms with E-state index in [-0.39, 0.29) is 11.5 Å². The van der Waals surface area contributed by atoms with Crippen molar-refractivity contribution in [2.75, 3.05) is 19.2 Å². The summed E-state index contributed by atoms with van der Waals surface area (Å²) in [6.45, 7) is 6.37. The first kappa shape index (κ1) is 15.4. The van der Waals surface area contributed by atoms with Crippen LogP contribution in [0.4, 0.5) is 5.69 Å². The molecule has 0 aromatic heterocycles. The largest absolute Gasteiger partial charge is 0.497 e.